The normalized spacial score (nSPS) is 19.9. The maximum absolute atomic E-state index is 14.2. The highest BCUT2D eigenvalue weighted by Gasteiger charge is 2.61. The van der Waals surface area contributed by atoms with Crippen LogP contribution in [0, 0.1) is 20.8 Å². The Kier molecular flexibility index (Phi) is 12.9. The molecule has 0 radical (unpaired) electrons. The van der Waals surface area contributed by atoms with Crippen molar-refractivity contribution in [2.75, 3.05) is 13.2 Å². The number of ether oxygens (including phenoxy) is 3. The zero-order chi connectivity index (χ0) is 39.9. The lowest BCUT2D eigenvalue weighted by molar-refractivity contribution is -0.152. The number of nitrogens with zero attached hydrogens (tertiary/aromatic N) is 1. The highest BCUT2D eigenvalue weighted by molar-refractivity contribution is 7.87. The summed E-state index contributed by atoms with van der Waals surface area (Å²) in [4.78, 5) is 28.1. The molecule has 15 heteroatoms. The first-order valence-electron chi connectivity index (χ1n) is 18.0. The summed E-state index contributed by atoms with van der Waals surface area (Å²) < 4.78 is 87.0. The van der Waals surface area contributed by atoms with Crippen LogP contribution in [0.3, 0.4) is 0 Å². The van der Waals surface area contributed by atoms with Gasteiger partial charge in [-0.1, -0.05) is 96.1 Å². The number of hydrogen-bond donors (Lipinski definition) is 1. The van der Waals surface area contributed by atoms with Crippen LogP contribution < -0.4 is 11.2 Å². The Labute approximate surface area is 326 Å². The number of benzene rings is 4. The Hall–Kier alpha value is -4.74. The topological polar surface area (TPSA) is 169 Å². The quantitative estimate of drug-likeness (QED) is 0.0932. The molecule has 1 saturated heterocycles. The maximum Gasteiger partial charge on any atom is 0.330 e. The molecular weight excluding hydrogens is 761 g/mol. The maximum atomic E-state index is 14.2. The predicted molar refractivity (Wildman–Crippen MR) is 207 cm³/mol. The Morgan fingerprint density at radius 1 is 0.732 bits per heavy atom. The van der Waals surface area contributed by atoms with Gasteiger partial charge in [-0.3, -0.25) is 22.7 Å². The van der Waals surface area contributed by atoms with E-state index in [1.165, 1.54) is 37.4 Å². The van der Waals surface area contributed by atoms with Crippen LogP contribution in [0.2, 0.25) is 0 Å². The summed E-state index contributed by atoms with van der Waals surface area (Å²) in [6, 6.07) is 30.8. The van der Waals surface area contributed by atoms with Gasteiger partial charge in [0.1, 0.15) is 11.7 Å². The zero-order valence-electron chi connectivity index (χ0n) is 31.2. The first-order chi connectivity index (χ1) is 26.8. The first-order valence-corrected chi connectivity index (χ1v) is 20.8. The van der Waals surface area contributed by atoms with Crippen LogP contribution in [-0.2, 0) is 56.0 Å². The lowest BCUT2D eigenvalue weighted by Gasteiger charge is -2.38. The molecule has 0 bridgehead atoms. The summed E-state index contributed by atoms with van der Waals surface area (Å²) >= 11 is 0. The van der Waals surface area contributed by atoms with E-state index in [4.69, 9.17) is 22.6 Å². The van der Waals surface area contributed by atoms with E-state index in [-0.39, 0.29) is 54.6 Å². The minimum atomic E-state index is -4.58. The monoisotopic (exact) mass is 804 g/mol. The second-order valence-electron chi connectivity index (χ2n) is 13.7. The van der Waals surface area contributed by atoms with Crippen LogP contribution in [0.5, 0.6) is 0 Å². The van der Waals surface area contributed by atoms with Crippen LogP contribution >= 0.6 is 0 Å². The highest BCUT2D eigenvalue weighted by Crippen LogP contribution is 2.46. The van der Waals surface area contributed by atoms with Crippen LogP contribution in [0.4, 0.5) is 0 Å². The van der Waals surface area contributed by atoms with E-state index >= 15 is 0 Å². The molecule has 1 N–H and O–H groups in total. The van der Waals surface area contributed by atoms with E-state index in [9.17, 15) is 26.4 Å². The molecule has 56 heavy (non-hydrogen) atoms. The minimum absolute atomic E-state index is 0.00906. The van der Waals surface area contributed by atoms with E-state index in [0.29, 0.717) is 0 Å². The average Bonchev–Trinajstić information content (AvgIpc) is 3.46. The van der Waals surface area contributed by atoms with Crippen LogP contribution in [0.15, 0.2) is 135 Å². The number of aromatic nitrogens is 2. The molecule has 13 nitrogen and oxygen atoms in total. The first kappa shape index (κ1) is 40.9. The third-order valence-corrected chi connectivity index (χ3v) is 12.2. The predicted octanol–water partition coefficient (Wildman–Crippen LogP) is 5.49. The second-order valence-corrected chi connectivity index (χ2v) is 16.9. The van der Waals surface area contributed by atoms with Gasteiger partial charge in [0, 0.05) is 11.8 Å². The molecule has 4 aromatic carbocycles. The van der Waals surface area contributed by atoms with E-state index in [1.54, 1.807) is 24.3 Å². The smallest absolute Gasteiger partial charge is 0.330 e. The molecule has 0 unspecified atom stereocenters. The van der Waals surface area contributed by atoms with Crippen molar-refractivity contribution in [3.63, 3.8) is 0 Å². The van der Waals surface area contributed by atoms with Gasteiger partial charge in [0.05, 0.1) is 36.2 Å². The molecule has 4 atom stereocenters. The van der Waals surface area contributed by atoms with Crippen molar-refractivity contribution in [1.82, 2.24) is 9.55 Å². The largest absolute Gasteiger partial charge is 0.374 e. The summed E-state index contributed by atoms with van der Waals surface area (Å²) in [5.41, 5.74) is 0.207. The third-order valence-electron chi connectivity index (χ3n) is 9.54. The highest BCUT2D eigenvalue weighted by atomic mass is 32.2. The van der Waals surface area contributed by atoms with Crippen molar-refractivity contribution in [3.05, 3.63) is 164 Å². The van der Waals surface area contributed by atoms with Crippen molar-refractivity contribution in [2.45, 2.75) is 80.7 Å². The van der Waals surface area contributed by atoms with Gasteiger partial charge in [0.2, 0.25) is 0 Å². The molecule has 1 aromatic heterocycles. The molecule has 1 fully saturated rings. The lowest BCUT2D eigenvalue weighted by Crippen LogP contribution is -2.54. The molecule has 2 heterocycles. The van der Waals surface area contributed by atoms with Crippen molar-refractivity contribution in [1.29, 1.82) is 0 Å². The van der Waals surface area contributed by atoms with E-state index in [0.717, 1.165) is 26.8 Å². The number of rotatable bonds is 17. The van der Waals surface area contributed by atoms with Crippen molar-refractivity contribution in [2.24, 2.45) is 0 Å². The van der Waals surface area contributed by atoms with Gasteiger partial charge in [-0.2, -0.15) is 16.8 Å². The van der Waals surface area contributed by atoms with Gasteiger partial charge in [-0.05, 0) is 69.0 Å². The Morgan fingerprint density at radius 2 is 1.29 bits per heavy atom. The van der Waals surface area contributed by atoms with Gasteiger partial charge >= 0.3 is 5.69 Å². The summed E-state index contributed by atoms with van der Waals surface area (Å²) in [5, 5.41) is 0. The van der Waals surface area contributed by atoms with E-state index in [1.807, 2.05) is 74.5 Å². The van der Waals surface area contributed by atoms with Crippen LogP contribution in [0.25, 0.3) is 0 Å². The standard InChI is InChI=1S/C41H44N2O11S2/c1-29-15-19-34(20-16-29)55(46,47)52-24-10-23-41(51-27-33-13-8-5-9-14-33)36(28-50-26-32-11-6-4-7-12-32)53-39(43-25-31(3)38(44)42-40(43)45)37(41)54-56(48,49)35-21-17-30(2)18-22-35/h4-9,11-22,25,36-37,39H,10,23-24,26-28H2,1-3H3,(H,42,44,45)/t36-,37+,39-,41-/m1/s1. The Balaban J connectivity index is 1.44. The van der Waals surface area contributed by atoms with Crippen molar-refractivity contribution in [3.8, 4) is 0 Å². The van der Waals surface area contributed by atoms with Gasteiger partial charge in [0.25, 0.3) is 25.8 Å². The van der Waals surface area contributed by atoms with Crippen LogP contribution in [-0.4, -0.2) is 57.4 Å². The van der Waals surface area contributed by atoms with Gasteiger partial charge in [-0.25, -0.2) is 4.79 Å². The summed E-state index contributed by atoms with van der Waals surface area (Å²) in [6.45, 7) is 4.76. The zero-order valence-corrected chi connectivity index (χ0v) is 32.8. The van der Waals surface area contributed by atoms with Gasteiger partial charge in [-0.15, -0.1) is 0 Å². The molecule has 0 saturated carbocycles. The summed E-state index contributed by atoms with van der Waals surface area (Å²) in [7, 11) is -8.74. The average molecular weight is 805 g/mol. The molecule has 0 amide bonds. The molecule has 0 aliphatic carbocycles. The van der Waals surface area contributed by atoms with Crippen molar-refractivity contribution < 1.29 is 39.4 Å². The van der Waals surface area contributed by atoms with Gasteiger partial charge < -0.3 is 14.2 Å². The lowest BCUT2D eigenvalue weighted by atomic mass is 9.86. The fourth-order valence-electron chi connectivity index (χ4n) is 6.46. The minimum Gasteiger partial charge on any atom is -0.374 e. The Bertz CT molecular complexity index is 2420. The number of hydrogen-bond acceptors (Lipinski definition) is 11. The van der Waals surface area contributed by atoms with Crippen LogP contribution in [0.1, 0.15) is 46.9 Å². The molecular formula is C41H44N2O11S2. The fourth-order valence-corrected chi connectivity index (χ4v) is 8.52. The van der Waals surface area contributed by atoms with Gasteiger partial charge in [0.15, 0.2) is 12.3 Å². The second kappa shape index (κ2) is 17.6. The fraction of sp³-hybridized carbons (Fsp3) is 0.317. The molecule has 1 aliphatic rings. The summed E-state index contributed by atoms with van der Waals surface area (Å²) in [6.07, 6.45) is -2.96. The molecule has 6 rings (SSSR count). The van der Waals surface area contributed by atoms with Crippen molar-refractivity contribution >= 4 is 20.2 Å². The Morgan fingerprint density at radius 3 is 1.88 bits per heavy atom. The third kappa shape index (κ3) is 9.61. The molecule has 1 aliphatic heterocycles. The molecule has 296 valence electrons. The molecule has 5 aromatic rings. The van der Waals surface area contributed by atoms with E-state index in [2.05, 4.69) is 4.98 Å². The number of aromatic amines is 1. The number of H-pyrrole nitrogens is 1. The SMILES string of the molecule is Cc1ccc(S(=O)(=O)OCCC[C@@]2(OCc3ccccc3)[C@@H](COCc3ccccc3)O[C@@H](n3cc(C)c(=O)[nH]c3=O)[C@@H]2OS(=O)(=O)c2ccc(C)cc2)cc1. The molecule has 0 spiro atoms. The number of aryl methyl sites for hydroxylation is 3. The number of nitrogens with one attached hydrogen (secondary N) is 1. The summed E-state index contributed by atoms with van der Waals surface area (Å²) in [5.74, 6) is 0. The van der Waals surface area contributed by atoms with E-state index < -0.39 is 55.5 Å².